The van der Waals surface area contributed by atoms with E-state index in [0.717, 1.165) is 6.42 Å². The third-order valence-electron chi connectivity index (χ3n) is 3.80. The molecule has 0 aliphatic carbocycles. The molecule has 0 bridgehead atoms. The van der Waals surface area contributed by atoms with Crippen molar-refractivity contribution < 1.29 is 23.8 Å². The number of nitrogens with one attached hydrogen (secondary N) is 2. The second kappa shape index (κ2) is 10.8. The van der Waals surface area contributed by atoms with E-state index in [0.29, 0.717) is 35.3 Å². The van der Waals surface area contributed by atoms with Crippen LogP contribution in [0.2, 0.25) is 0 Å². The van der Waals surface area contributed by atoms with Crippen LogP contribution in [0.15, 0.2) is 48.5 Å². The largest absolute Gasteiger partial charge is 0.494 e. The van der Waals surface area contributed by atoms with Gasteiger partial charge in [-0.25, -0.2) is 0 Å². The first-order valence-electron chi connectivity index (χ1n) is 9.07. The van der Waals surface area contributed by atoms with Crippen molar-refractivity contribution in [1.82, 2.24) is 10.9 Å². The molecule has 0 radical (unpaired) electrons. The zero-order valence-electron chi connectivity index (χ0n) is 16.4. The highest BCUT2D eigenvalue weighted by Crippen LogP contribution is 2.25. The van der Waals surface area contributed by atoms with E-state index in [2.05, 4.69) is 24.7 Å². The van der Waals surface area contributed by atoms with Gasteiger partial charge in [-0.2, -0.15) is 0 Å². The Labute approximate surface area is 165 Å². The standard InChI is InChI=1S/C21H26N2O5/c1-15(2)11-12-27-17-8-6-7-16(13-17)21(25)23-22-20(24)14-28-19-10-5-4-9-18(19)26-3/h4-10,13,15H,11-12,14H2,1-3H3,(H,22,24)(H,23,25). The lowest BCUT2D eigenvalue weighted by atomic mass is 10.1. The number of hydrogen-bond donors (Lipinski definition) is 2. The normalized spacial score (nSPS) is 10.3. The maximum absolute atomic E-state index is 12.2. The maximum Gasteiger partial charge on any atom is 0.276 e. The lowest BCUT2D eigenvalue weighted by Gasteiger charge is -2.12. The van der Waals surface area contributed by atoms with Crippen LogP contribution in [0.3, 0.4) is 0 Å². The quantitative estimate of drug-likeness (QED) is 0.647. The van der Waals surface area contributed by atoms with Gasteiger partial charge in [-0.1, -0.05) is 32.0 Å². The average molecular weight is 386 g/mol. The first kappa shape index (κ1) is 21.1. The lowest BCUT2D eigenvalue weighted by molar-refractivity contribution is -0.123. The minimum absolute atomic E-state index is 0.265. The third kappa shape index (κ3) is 6.83. The van der Waals surface area contributed by atoms with E-state index in [4.69, 9.17) is 14.2 Å². The Bertz CT molecular complexity index is 792. The van der Waals surface area contributed by atoms with Crippen LogP contribution in [0.1, 0.15) is 30.6 Å². The second-order valence-corrected chi connectivity index (χ2v) is 6.50. The summed E-state index contributed by atoms with van der Waals surface area (Å²) in [4.78, 5) is 24.1. The Morgan fingerprint density at radius 1 is 0.964 bits per heavy atom. The number of para-hydroxylation sites is 2. The van der Waals surface area contributed by atoms with Crippen LogP contribution in [0.25, 0.3) is 0 Å². The Balaban J connectivity index is 1.80. The number of carbonyl (C=O) groups is 2. The van der Waals surface area contributed by atoms with Gasteiger partial charge in [0.2, 0.25) is 0 Å². The van der Waals surface area contributed by atoms with E-state index in [-0.39, 0.29) is 6.61 Å². The average Bonchev–Trinajstić information content (AvgIpc) is 2.70. The van der Waals surface area contributed by atoms with E-state index >= 15 is 0 Å². The molecule has 0 fully saturated rings. The maximum atomic E-state index is 12.2. The summed E-state index contributed by atoms with van der Waals surface area (Å²) < 4.78 is 16.2. The summed E-state index contributed by atoms with van der Waals surface area (Å²) in [5.41, 5.74) is 5.06. The van der Waals surface area contributed by atoms with Crippen LogP contribution in [0.4, 0.5) is 0 Å². The van der Waals surface area contributed by atoms with Gasteiger partial charge in [0.25, 0.3) is 11.8 Å². The predicted molar refractivity (Wildman–Crippen MR) is 105 cm³/mol. The fourth-order valence-corrected chi connectivity index (χ4v) is 2.26. The Morgan fingerprint density at radius 3 is 2.43 bits per heavy atom. The van der Waals surface area contributed by atoms with Crippen LogP contribution in [-0.4, -0.2) is 32.1 Å². The molecule has 0 aromatic heterocycles. The molecular weight excluding hydrogens is 360 g/mol. The van der Waals surface area contributed by atoms with E-state index < -0.39 is 11.8 Å². The van der Waals surface area contributed by atoms with Crippen LogP contribution in [0.5, 0.6) is 17.2 Å². The summed E-state index contributed by atoms with van der Waals surface area (Å²) in [6, 6.07) is 13.8. The Hall–Kier alpha value is -3.22. The first-order chi connectivity index (χ1) is 13.5. The lowest BCUT2D eigenvalue weighted by Crippen LogP contribution is -2.43. The highest BCUT2D eigenvalue weighted by Gasteiger charge is 2.10. The fourth-order valence-electron chi connectivity index (χ4n) is 2.26. The summed E-state index contributed by atoms with van der Waals surface area (Å²) in [7, 11) is 1.52. The molecule has 150 valence electrons. The summed E-state index contributed by atoms with van der Waals surface area (Å²) in [5.74, 6) is 1.17. The molecular formula is C21H26N2O5. The minimum atomic E-state index is -0.497. The highest BCUT2D eigenvalue weighted by atomic mass is 16.5. The van der Waals surface area contributed by atoms with E-state index in [1.165, 1.54) is 7.11 Å². The topological polar surface area (TPSA) is 85.9 Å². The summed E-state index contributed by atoms with van der Waals surface area (Å²) in [6.45, 7) is 4.56. The number of methoxy groups -OCH3 is 1. The summed E-state index contributed by atoms with van der Waals surface area (Å²) in [5, 5.41) is 0. The molecule has 0 unspecified atom stereocenters. The molecule has 0 atom stereocenters. The van der Waals surface area contributed by atoms with Gasteiger partial charge in [0, 0.05) is 5.56 Å². The van der Waals surface area contributed by atoms with Gasteiger partial charge < -0.3 is 14.2 Å². The SMILES string of the molecule is COc1ccccc1OCC(=O)NNC(=O)c1cccc(OCCC(C)C)c1. The van der Waals surface area contributed by atoms with Crippen molar-refractivity contribution in [2.75, 3.05) is 20.3 Å². The number of ether oxygens (including phenoxy) is 3. The number of amides is 2. The van der Waals surface area contributed by atoms with Gasteiger partial charge in [0.15, 0.2) is 18.1 Å². The first-order valence-corrected chi connectivity index (χ1v) is 9.07. The monoisotopic (exact) mass is 386 g/mol. The Morgan fingerprint density at radius 2 is 1.71 bits per heavy atom. The van der Waals surface area contributed by atoms with Crippen molar-refractivity contribution in [2.24, 2.45) is 5.92 Å². The number of carbonyl (C=O) groups excluding carboxylic acids is 2. The zero-order chi connectivity index (χ0) is 20.4. The number of rotatable bonds is 9. The number of benzene rings is 2. The van der Waals surface area contributed by atoms with Crippen molar-refractivity contribution in [1.29, 1.82) is 0 Å². The third-order valence-corrected chi connectivity index (χ3v) is 3.80. The van der Waals surface area contributed by atoms with E-state index in [1.54, 1.807) is 48.5 Å². The molecule has 0 saturated carbocycles. The van der Waals surface area contributed by atoms with Gasteiger partial charge in [-0.05, 0) is 42.7 Å². The van der Waals surface area contributed by atoms with Gasteiger partial charge in [-0.3, -0.25) is 20.4 Å². The highest BCUT2D eigenvalue weighted by molar-refractivity contribution is 5.95. The molecule has 7 nitrogen and oxygen atoms in total. The molecule has 2 aromatic carbocycles. The molecule has 0 aliphatic rings. The van der Waals surface area contributed by atoms with Crippen molar-refractivity contribution in [3.05, 3.63) is 54.1 Å². The molecule has 2 aromatic rings. The molecule has 28 heavy (non-hydrogen) atoms. The second-order valence-electron chi connectivity index (χ2n) is 6.50. The summed E-state index contributed by atoms with van der Waals surface area (Å²) in [6.07, 6.45) is 0.929. The van der Waals surface area contributed by atoms with E-state index in [9.17, 15) is 9.59 Å². The van der Waals surface area contributed by atoms with Crippen LogP contribution >= 0.6 is 0 Å². The number of hydrazine groups is 1. The van der Waals surface area contributed by atoms with Crippen molar-refractivity contribution in [3.8, 4) is 17.2 Å². The smallest absolute Gasteiger partial charge is 0.276 e. The van der Waals surface area contributed by atoms with Gasteiger partial charge in [0.1, 0.15) is 5.75 Å². The molecule has 0 aliphatic heterocycles. The van der Waals surface area contributed by atoms with Crippen molar-refractivity contribution >= 4 is 11.8 Å². The zero-order valence-corrected chi connectivity index (χ0v) is 16.4. The summed E-state index contributed by atoms with van der Waals surface area (Å²) >= 11 is 0. The number of hydrogen-bond acceptors (Lipinski definition) is 5. The fraction of sp³-hybridized carbons (Fsp3) is 0.333. The molecule has 2 N–H and O–H groups in total. The van der Waals surface area contributed by atoms with Crippen LogP contribution in [-0.2, 0) is 4.79 Å². The van der Waals surface area contributed by atoms with Gasteiger partial charge >= 0.3 is 0 Å². The van der Waals surface area contributed by atoms with E-state index in [1.807, 2.05) is 0 Å². The van der Waals surface area contributed by atoms with Gasteiger partial charge in [0.05, 0.1) is 13.7 Å². The van der Waals surface area contributed by atoms with Crippen molar-refractivity contribution in [2.45, 2.75) is 20.3 Å². The van der Waals surface area contributed by atoms with Crippen LogP contribution < -0.4 is 25.1 Å². The molecule has 7 heteroatoms. The predicted octanol–water partition coefficient (Wildman–Crippen LogP) is 2.96. The minimum Gasteiger partial charge on any atom is -0.494 e. The Kier molecular flexibility index (Phi) is 8.14. The van der Waals surface area contributed by atoms with Crippen LogP contribution in [0, 0.1) is 5.92 Å². The van der Waals surface area contributed by atoms with Gasteiger partial charge in [-0.15, -0.1) is 0 Å². The molecule has 0 heterocycles. The van der Waals surface area contributed by atoms with Crippen molar-refractivity contribution in [3.63, 3.8) is 0 Å². The molecule has 2 rings (SSSR count). The molecule has 2 amide bonds. The molecule has 0 spiro atoms. The molecule has 0 saturated heterocycles.